The average Bonchev–Trinajstić information content (AvgIpc) is 2.51. The molecular weight excluding hydrogens is 180 g/mol. The zero-order chi connectivity index (χ0) is 9.68. The summed E-state index contributed by atoms with van der Waals surface area (Å²) >= 11 is 1.59. The van der Waals surface area contributed by atoms with Crippen molar-refractivity contribution in [3.8, 4) is 0 Å². The molecule has 0 saturated carbocycles. The fourth-order valence-electron chi connectivity index (χ4n) is 0.918. The van der Waals surface area contributed by atoms with E-state index in [0.717, 1.165) is 15.6 Å². The maximum Gasteiger partial charge on any atom is 0.147 e. The maximum absolute atomic E-state index is 4.05. The van der Waals surface area contributed by atoms with Crippen LogP contribution in [0.2, 0.25) is 0 Å². The van der Waals surface area contributed by atoms with Crippen LogP contribution in [0.15, 0.2) is 30.9 Å². The van der Waals surface area contributed by atoms with Crippen LogP contribution in [0.25, 0.3) is 5.57 Å². The van der Waals surface area contributed by atoms with E-state index in [9.17, 15) is 0 Å². The molecule has 0 bridgehead atoms. The second kappa shape index (κ2) is 4.72. The van der Waals surface area contributed by atoms with Gasteiger partial charge in [0.25, 0.3) is 0 Å². The number of nitrogens with zero attached hydrogens (tertiary/aromatic N) is 2. The zero-order valence-electron chi connectivity index (χ0n) is 7.82. The van der Waals surface area contributed by atoms with E-state index in [4.69, 9.17) is 0 Å². The molecule has 1 aromatic heterocycles. The second-order valence-corrected chi connectivity index (χ2v) is 3.67. The van der Waals surface area contributed by atoms with Crippen molar-refractivity contribution in [2.45, 2.75) is 13.8 Å². The first kappa shape index (κ1) is 9.86. The highest BCUT2D eigenvalue weighted by Crippen LogP contribution is 2.19. The van der Waals surface area contributed by atoms with Crippen LogP contribution in [-0.4, -0.2) is 10.2 Å². The third kappa shape index (κ3) is 2.63. The summed E-state index contributed by atoms with van der Waals surface area (Å²) in [6.07, 6.45) is 7.67. The van der Waals surface area contributed by atoms with Gasteiger partial charge in [-0.25, -0.2) is 0 Å². The molecule has 2 nitrogen and oxygen atoms in total. The fourth-order valence-corrected chi connectivity index (χ4v) is 1.61. The third-order valence-corrected chi connectivity index (χ3v) is 2.30. The maximum atomic E-state index is 4.05. The Balaban J connectivity index is 3.01. The monoisotopic (exact) mass is 192 g/mol. The highest BCUT2D eigenvalue weighted by molar-refractivity contribution is 7.12. The van der Waals surface area contributed by atoms with Gasteiger partial charge in [-0.05, 0) is 13.8 Å². The molecule has 68 valence electrons. The molecule has 0 fully saturated rings. The van der Waals surface area contributed by atoms with Gasteiger partial charge in [0.05, 0.1) is 0 Å². The van der Waals surface area contributed by atoms with Gasteiger partial charge in [-0.1, -0.05) is 42.2 Å². The first-order valence-corrected chi connectivity index (χ1v) is 4.85. The van der Waals surface area contributed by atoms with E-state index in [0.29, 0.717) is 0 Å². The van der Waals surface area contributed by atoms with Crippen molar-refractivity contribution in [2.24, 2.45) is 0 Å². The summed E-state index contributed by atoms with van der Waals surface area (Å²) in [6.45, 7) is 7.58. The Kier molecular flexibility index (Phi) is 3.58. The predicted molar refractivity (Wildman–Crippen MR) is 57.6 cm³/mol. The molecular formula is C10H12N2S. The van der Waals surface area contributed by atoms with Crippen LogP contribution in [-0.2, 0) is 0 Å². The summed E-state index contributed by atoms with van der Waals surface area (Å²) in [5.74, 6) is 0. The van der Waals surface area contributed by atoms with E-state index >= 15 is 0 Å². The van der Waals surface area contributed by atoms with E-state index in [1.807, 2.05) is 32.1 Å². The van der Waals surface area contributed by atoms with Crippen LogP contribution >= 0.6 is 11.3 Å². The number of rotatable bonds is 3. The van der Waals surface area contributed by atoms with Crippen LogP contribution in [0.3, 0.4) is 0 Å². The summed E-state index contributed by atoms with van der Waals surface area (Å²) in [7, 11) is 0. The molecule has 0 atom stereocenters. The van der Waals surface area contributed by atoms with Crippen molar-refractivity contribution in [2.75, 3.05) is 0 Å². The van der Waals surface area contributed by atoms with Crippen molar-refractivity contribution >= 4 is 16.9 Å². The second-order valence-electron chi connectivity index (χ2n) is 2.48. The minimum absolute atomic E-state index is 0.940. The minimum Gasteiger partial charge on any atom is -0.143 e. The molecule has 0 radical (unpaired) electrons. The Morgan fingerprint density at radius 2 is 2.23 bits per heavy atom. The summed E-state index contributed by atoms with van der Waals surface area (Å²) < 4.78 is 0. The molecule has 0 spiro atoms. The van der Waals surface area contributed by atoms with Crippen LogP contribution in [0.4, 0.5) is 0 Å². The Hall–Kier alpha value is -1.22. The number of aromatic nitrogens is 2. The summed E-state index contributed by atoms with van der Waals surface area (Å²) in [4.78, 5) is 0. The molecule has 0 aliphatic rings. The smallest absolute Gasteiger partial charge is 0.143 e. The van der Waals surface area contributed by atoms with Gasteiger partial charge in [0, 0.05) is 5.57 Å². The Morgan fingerprint density at radius 1 is 1.46 bits per heavy atom. The van der Waals surface area contributed by atoms with Crippen molar-refractivity contribution in [3.05, 3.63) is 40.9 Å². The van der Waals surface area contributed by atoms with Crippen LogP contribution in [0.1, 0.15) is 16.9 Å². The normalized spacial score (nSPS) is 12.3. The molecule has 3 heteroatoms. The molecule has 0 N–H and O–H groups in total. The van der Waals surface area contributed by atoms with Gasteiger partial charge in [-0.3, -0.25) is 0 Å². The first-order valence-electron chi connectivity index (χ1n) is 4.04. The van der Waals surface area contributed by atoms with Crippen molar-refractivity contribution in [1.82, 2.24) is 10.2 Å². The number of hydrogen-bond donors (Lipinski definition) is 0. The Bertz CT molecular complexity index is 348. The summed E-state index contributed by atoms with van der Waals surface area (Å²) in [6, 6.07) is 0. The van der Waals surface area contributed by atoms with E-state index in [1.165, 1.54) is 0 Å². The van der Waals surface area contributed by atoms with E-state index < -0.39 is 0 Å². The van der Waals surface area contributed by atoms with E-state index in [-0.39, 0.29) is 0 Å². The van der Waals surface area contributed by atoms with Crippen LogP contribution in [0, 0.1) is 6.92 Å². The highest BCUT2D eigenvalue weighted by atomic mass is 32.1. The van der Waals surface area contributed by atoms with Gasteiger partial charge < -0.3 is 0 Å². The fraction of sp³-hybridized carbons (Fsp3) is 0.200. The summed E-state index contributed by atoms with van der Waals surface area (Å²) in [5.41, 5.74) is 1.06. The van der Waals surface area contributed by atoms with Gasteiger partial charge in [-0.15, -0.1) is 10.2 Å². The highest BCUT2D eigenvalue weighted by Gasteiger charge is 2.02. The molecule has 1 aromatic rings. The lowest BCUT2D eigenvalue weighted by Gasteiger charge is -1.91. The minimum atomic E-state index is 0.940. The molecule has 0 amide bonds. The molecule has 0 unspecified atom stereocenters. The summed E-state index contributed by atoms with van der Waals surface area (Å²) in [5, 5.41) is 9.94. The Labute approximate surface area is 82.3 Å². The number of aryl methyl sites for hydroxylation is 1. The molecule has 0 saturated heterocycles. The van der Waals surface area contributed by atoms with Gasteiger partial charge >= 0.3 is 0 Å². The molecule has 1 rings (SSSR count). The molecule has 0 aliphatic heterocycles. The van der Waals surface area contributed by atoms with Gasteiger partial charge in [-0.2, -0.15) is 0 Å². The Morgan fingerprint density at radius 3 is 2.69 bits per heavy atom. The molecule has 13 heavy (non-hydrogen) atoms. The van der Waals surface area contributed by atoms with E-state index in [1.54, 1.807) is 17.4 Å². The third-order valence-electron chi connectivity index (χ3n) is 1.42. The SMILES string of the molecule is C=C/C=C(\C=C/C)c1nnc(C)s1. The number of allylic oxidation sites excluding steroid dienone is 5. The van der Waals surface area contributed by atoms with Gasteiger partial charge in [0.15, 0.2) is 0 Å². The average molecular weight is 192 g/mol. The largest absolute Gasteiger partial charge is 0.147 e. The molecule has 1 heterocycles. The van der Waals surface area contributed by atoms with Gasteiger partial charge in [0.1, 0.15) is 10.0 Å². The van der Waals surface area contributed by atoms with Crippen molar-refractivity contribution in [3.63, 3.8) is 0 Å². The van der Waals surface area contributed by atoms with E-state index in [2.05, 4.69) is 16.8 Å². The zero-order valence-corrected chi connectivity index (χ0v) is 8.64. The number of hydrogen-bond acceptors (Lipinski definition) is 3. The molecule has 0 aromatic carbocycles. The quantitative estimate of drug-likeness (QED) is 0.688. The lowest BCUT2D eigenvalue weighted by atomic mass is 10.2. The van der Waals surface area contributed by atoms with Crippen LogP contribution in [0.5, 0.6) is 0 Å². The van der Waals surface area contributed by atoms with Crippen molar-refractivity contribution in [1.29, 1.82) is 0 Å². The molecule has 0 aliphatic carbocycles. The topological polar surface area (TPSA) is 25.8 Å². The van der Waals surface area contributed by atoms with Gasteiger partial charge in [0.2, 0.25) is 0 Å². The lowest BCUT2D eigenvalue weighted by Crippen LogP contribution is -1.78. The van der Waals surface area contributed by atoms with Crippen LogP contribution < -0.4 is 0 Å². The first-order chi connectivity index (χ1) is 6.27. The standard InChI is InChI=1S/C10H12N2S/c1-4-6-9(7-5-2)10-12-11-8(3)13-10/h4-7H,1H2,2-3H3/b7-5-,9-6+. The lowest BCUT2D eigenvalue weighted by molar-refractivity contribution is 1.04. The predicted octanol–water partition coefficient (Wildman–Crippen LogP) is 2.99. The van der Waals surface area contributed by atoms with Crippen molar-refractivity contribution < 1.29 is 0 Å².